The van der Waals surface area contributed by atoms with Gasteiger partial charge in [-0.25, -0.2) is 4.79 Å². The highest BCUT2D eigenvalue weighted by Gasteiger charge is 2.31. The monoisotopic (exact) mass is 530 g/mol. The van der Waals surface area contributed by atoms with Crippen molar-refractivity contribution in [3.63, 3.8) is 0 Å². The minimum atomic E-state index is -1.56. The van der Waals surface area contributed by atoms with E-state index in [0.717, 1.165) is 0 Å². The Bertz CT molecular complexity index is 859. The topological polar surface area (TPSA) is 295 Å². The van der Waals surface area contributed by atoms with E-state index in [1.807, 2.05) is 0 Å². The molecule has 16 nitrogen and oxygen atoms in total. The number of carboxylic acid groups (broad SMARTS) is 2. The maximum absolute atomic E-state index is 13.1. The number of hydrogen-bond acceptors (Lipinski definition) is 8. The Morgan fingerprint density at radius 3 is 1.70 bits per heavy atom. The van der Waals surface area contributed by atoms with Gasteiger partial charge in [-0.2, -0.15) is 0 Å². The highest BCUT2D eigenvalue weighted by molar-refractivity contribution is 5.94. The first-order chi connectivity index (χ1) is 17.1. The molecule has 4 amide bonds. The van der Waals surface area contributed by atoms with Crippen molar-refractivity contribution in [3.8, 4) is 0 Å². The van der Waals surface area contributed by atoms with Crippen molar-refractivity contribution in [2.24, 2.45) is 33.8 Å². The van der Waals surface area contributed by atoms with E-state index in [-0.39, 0.29) is 44.1 Å². The van der Waals surface area contributed by atoms with Gasteiger partial charge in [-0.05, 0) is 31.6 Å². The Kier molecular flexibility index (Phi) is 14.9. The maximum Gasteiger partial charge on any atom is 0.326 e. The predicted octanol–water partition coefficient (Wildman–Crippen LogP) is -3.31. The summed E-state index contributed by atoms with van der Waals surface area (Å²) in [4.78, 5) is 75.6. The summed E-state index contributed by atoms with van der Waals surface area (Å²) in [5.74, 6) is -6.33. The van der Waals surface area contributed by atoms with Crippen molar-refractivity contribution in [1.82, 2.24) is 16.0 Å². The minimum absolute atomic E-state index is 0.0552. The molecule has 0 spiro atoms. The number of guanidine groups is 1. The molecule has 0 aromatic heterocycles. The van der Waals surface area contributed by atoms with Gasteiger partial charge in [0.15, 0.2) is 5.96 Å². The lowest BCUT2D eigenvalue weighted by Gasteiger charge is -2.25. The third-order valence-electron chi connectivity index (χ3n) is 5.17. The van der Waals surface area contributed by atoms with E-state index in [9.17, 15) is 33.9 Å². The Hall–Kier alpha value is -3.95. The second-order valence-electron chi connectivity index (χ2n) is 8.68. The van der Waals surface area contributed by atoms with Gasteiger partial charge in [0.1, 0.15) is 18.1 Å². The second-order valence-corrected chi connectivity index (χ2v) is 8.68. The van der Waals surface area contributed by atoms with Crippen LogP contribution in [0, 0.1) is 5.92 Å². The highest BCUT2D eigenvalue weighted by atomic mass is 16.4. The molecule has 0 aliphatic carbocycles. The summed E-state index contributed by atoms with van der Waals surface area (Å²) in [6.07, 6.45) is -1.23. The molecule has 0 radical (unpaired) electrons. The molecule has 0 aromatic carbocycles. The van der Waals surface area contributed by atoms with Gasteiger partial charge in [0.2, 0.25) is 23.6 Å². The summed E-state index contributed by atoms with van der Waals surface area (Å²) < 4.78 is 0. The fraction of sp³-hybridized carbons (Fsp3) is 0.667. The summed E-state index contributed by atoms with van der Waals surface area (Å²) in [5, 5.41) is 25.2. The molecule has 0 saturated carbocycles. The number of carbonyl (C=O) groups is 6. The van der Waals surface area contributed by atoms with Crippen molar-refractivity contribution in [1.29, 1.82) is 0 Å². The minimum Gasteiger partial charge on any atom is -0.481 e. The van der Waals surface area contributed by atoms with Crippen LogP contribution in [0.3, 0.4) is 0 Å². The molecule has 0 saturated heterocycles. The van der Waals surface area contributed by atoms with Crippen LogP contribution in [0.25, 0.3) is 0 Å². The Balaban J connectivity index is 5.69. The molecule has 4 atom stereocenters. The number of nitrogens with two attached hydrogens (primary N) is 4. The van der Waals surface area contributed by atoms with Crippen LogP contribution in [0.5, 0.6) is 0 Å². The molecule has 0 bridgehead atoms. The SMILES string of the molecule is CC(C)C(N)C(=O)NC(CCCN=C(N)N)C(=O)NC(CCC(N)=O)C(=O)NC(CCC(=O)O)C(=O)O. The van der Waals surface area contributed by atoms with Crippen LogP contribution in [0.4, 0.5) is 0 Å². The molecule has 0 fully saturated rings. The molecule has 0 rings (SSSR count). The number of nitrogens with one attached hydrogen (secondary N) is 3. The van der Waals surface area contributed by atoms with Gasteiger partial charge in [-0.3, -0.25) is 29.0 Å². The first-order valence-corrected chi connectivity index (χ1v) is 11.6. The van der Waals surface area contributed by atoms with E-state index in [1.54, 1.807) is 13.8 Å². The number of aliphatic imine (C=N–C) groups is 1. The van der Waals surface area contributed by atoms with Crippen molar-refractivity contribution in [2.75, 3.05) is 6.54 Å². The summed E-state index contributed by atoms with van der Waals surface area (Å²) in [6.45, 7) is 3.57. The number of carbonyl (C=O) groups excluding carboxylic acids is 4. The molecule has 4 unspecified atom stereocenters. The molecule has 37 heavy (non-hydrogen) atoms. The third kappa shape index (κ3) is 14.3. The highest BCUT2D eigenvalue weighted by Crippen LogP contribution is 2.07. The third-order valence-corrected chi connectivity index (χ3v) is 5.17. The Morgan fingerprint density at radius 2 is 1.24 bits per heavy atom. The van der Waals surface area contributed by atoms with Crippen molar-refractivity contribution in [3.05, 3.63) is 0 Å². The summed E-state index contributed by atoms with van der Waals surface area (Å²) in [6, 6.07) is -5.07. The number of primary amides is 1. The molecule has 0 aromatic rings. The van der Waals surface area contributed by atoms with Crippen LogP contribution in [0.1, 0.15) is 52.4 Å². The van der Waals surface area contributed by atoms with E-state index >= 15 is 0 Å². The number of aliphatic carboxylic acids is 2. The smallest absolute Gasteiger partial charge is 0.326 e. The number of hydrogen-bond donors (Lipinski definition) is 9. The summed E-state index contributed by atoms with van der Waals surface area (Å²) >= 11 is 0. The molecule has 0 aliphatic rings. The van der Waals surface area contributed by atoms with E-state index in [0.29, 0.717) is 0 Å². The van der Waals surface area contributed by atoms with Gasteiger partial charge in [0, 0.05) is 19.4 Å². The first-order valence-electron chi connectivity index (χ1n) is 11.6. The van der Waals surface area contributed by atoms with Crippen LogP contribution in [0.15, 0.2) is 4.99 Å². The molecular formula is C21H38N8O8. The number of nitrogens with zero attached hydrogens (tertiary/aromatic N) is 1. The lowest BCUT2D eigenvalue weighted by atomic mass is 10.0. The van der Waals surface area contributed by atoms with Crippen LogP contribution in [-0.2, 0) is 28.8 Å². The molecule has 13 N–H and O–H groups in total. The lowest BCUT2D eigenvalue weighted by molar-refractivity contribution is -0.143. The first kappa shape index (κ1) is 33.0. The standard InChI is InChI=1S/C21H38N8O8/c1-10(2)16(23)19(35)28-11(4-3-9-26-21(24)25)17(33)27-12(5-7-14(22)30)18(34)29-13(20(36)37)6-8-15(31)32/h10-13,16H,3-9,23H2,1-2H3,(H2,22,30)(H,27,33)(H,28,35)(H,29,34)(H,31,32)(H,36,37)(H4,24,25,26). The summed E-state index contributed by atoms with van der Waals surface area (Å²) in [7, 11) is 0. The van der Waals surface area contributed by atoms with Crippen LogP contribution >= 0.6 is 0 Å². The molecule has 0 heterocycles. The number of rotatable bonds is 18. The average molecular weight is 531 g/mol. The zero-order valence-electron chi connectivity index (χ0n) is 20.9. The zero-order valence-corrected chi connectivity index (χ0v) is 20.9. The molecule has 16 heteroatoms. The van der Waals surface area contributed by atoms with Crippen molar-refractivity contribution >= 4 is 41.5 Å². The van der Waals surface area contributed by atoms with E-state index in [4.69, 9.17) is 28.0 Å². The van der Waals surface area contributed by atoms with Gasteiger partial charge in [-0.15, -0.1) is 0 Å². The van der Waals surface area contributed by atoms with Crippen molar-refractivity contribution < 1.29 is 39.0 Å². The van der Waals surface area contributed by atoms with Crippen LogP contribution in [0.2, 0.25) is 0 Å². The van der Waals surface area contributed by atoms with Gasteiger partial charge in [0.05, 0.1) is 6.04 Å². The maximum atomic E-state index is 13.1. The van der Waals surface area contributed by atoms with Crippen molar-refractivity contribution in [2.45, 2.75) is 76.5 Å². The Labute approximate surface area is 214 Å². The van der Waals surface area contributed by atoms with E-state index in [1.165, 1.54) is 0 Å². The molecule has 210 valence electrons. The fourth-order valence-corrected chi connectivity index (χ4v) is 2.97. The number of carboxylic acids is 2. The molecular weight excluding hydrogens is 492 g/mol. The average Bonchev–Trinajstić information content (AvgIpc) is 2.79. The van der Waals surface area contributed by atoms with Gasteiger partial charge in [-0.1, -0.05) is 13.8 Å². The van der Waals surface area contributed by atoms with E-state index in [2.05, 4.69) is 20.9 Å². The second kappa shape index (κ2) is 16.7. The fourth-order valence-electron chi connectivity index (χ4n) is 2.97. The van der Waals surface area contributed by atoms with E-state index < -0.39 is 72.6 Å². The van der Waals surface area contributed by atoms with Gasteiger partial charge >= 0.3 is 11.9 Å². The predicted molar refractivity (Wildman–Crippen MR) is 131 cm³/mol. The van der Waals surface area contributed by atoms with Crippen LogP contribution < -0.4 is 38.9 Å². The zero-order chi connectivity index (χ0) is 28.7. The lowest BCUT2D eigenvalue weighted by Crippen LogP contribution is -2.57. The van der Waals surface area contributed by atoms with Crippen LogP contribution in [-0.4, -0.2) is 82.5 Å². The Morgan fingerprint density at radius 1 is 0.757 bits per heavy atom. The molecule has 0 aliphatic heterocycles. The quantitative estimate of drug-likeness (QED) is 0.0480. The summed E-state index contributed by atoms with van der Waals surface area (Å²) in [5.41, 5.74) is 21.6. The largest absolute Gasteiger partial charge is 0.481 e. The normalized spacial score (nSPS) is 13.9. The van der Waals surface area contributed by atoms with Gasteiger partial charge < -0.3 is 49.1 Å². The van der Waals surface area contributed by atoms with Gasteiger partial charge in [0.25, 0.3) is 0 Å². The number of amides is 4.